The molecule has 1 fully saturated rings. The molecule has 1 aliphatic heterocycles. The van der Waals surface area contributed by atoms with E-state index in [1.807, 2.05) is 0 Å². The second kappa shape index (κ2) is 12.1. The summed E-state index contributed by atoms with van der Waals surface area (Å²) in [7, 11) is 0. The zero-order valence-electron chi connectivity index (χ0n) is 19.2. The molecule has 0 bridgehead atoms. The molecular formula is C21H32N6O7. The normalized spacial score (nSPS) is 18.2. The number of likely N-dealkylation sites (tertiary alicyclic amines) is 1. The van der Waals surface area contributed by atoms with Gasteiger partial charge in [0.1, 0.15) is 18.1 Å². The van der Waals surface area contributed by atoms with E-state index in [1.54, 1.807) is 13.8 Å². The van der Waals surface area contributed by atoms with Crippen molar-refractivity contribution in [1.82, 2.24) is 25.5 Å². The number of imidazole rings is 1. The van der Waals surface area contributed by atoms with E-state index >= 15 is 0 Å². The van der Waals surface area contributed by atoms with Crippen molar-refractivity contribution in [1.29, 1.82) is 0 Å². The molecule has 13 heteroatoms. The van der Waals surface area contributed by atoms with Crippen LogP contribution in [0.2, 0.25) is 0 Å². The van der Waals surface area contributed by atoms with Gasteiger partial charge in [0.25, 0.3) is 0 Å². The molecular weight excluding hydrogens is 448 g/mol. The Balaban J connectivity index is 2.16. The number of carboxylic acids is 2. The lowest BCUT2D eigenvalue weighted by Crippen LogP contribution is -2.59. The summed E-state index contributed by atoms with van der Waals surface area (Å²) in [6, 6.07) is -4.23. The number of aromatic amines is 1. The van der Waals surface area contributed by atoms with Crippen LogP contribution < -0.4 is 16.4 Å². The van der Waals surface area contributed by atoms with Crippen molar-refractivity contribution in [2.75, 3.05) is 6.54 Å². The number of carbonyl (C=O) groups excluding carboxylic acids is 3. The van der Waals surface area contributed by atoms with E-state index in [9.17, 15) is 29.1 Å². The third-order valence-electron chi connectivity index (χ3n) is 5.67. The number of hydrogen-bond donors (Lipinski definition) is 6. The van der Waals surface area contributed by atoms with Crippen molar-refractivity contribution in [2.45, 2.75) is 70.1 Å². The fraction of sp³-hybridized carbons (Fsp3) is 0.619. The van der Waals surface area contributed by atoms with Crippen LogP contribution in [0.15, 0.2) is 12.5 Å². The molecule has 34 heavy (non-hydrogen) atoms. The van der Waals surface area contributed by atoms with Crippen LogP contribution in [0.1, 0.15) is 45.2 Å². The Labute approximate surface area is 196 Å². The highest BCUT2D eigenvalue weighted by Crippen LogP contribution is 2.20. The number of H-pyrrole nitrogens is 1. The molecule has 0 spiro atoms. The number of nitrogens with zero attached hydrogens (tertiary/aromatic N) is 2. The van der Waals surface area contributed by atoms with Gasteiger partial charge in [-0.15, -0.1) is 0 Å². The smallest absolute Gasteiger partial charge is 0.326 e. The number of rotatable bonds is 12. The minimum Gasteiger partial charge on any atom is -0.481 e. The van der Waals surface area contributed by atoms with E-state index in [0.717, 1.165) is 0 Å². The van der Waals surface area contributed by atoms with Crippen LogP contribution in [0.4, 0.5) is 0 Å². The molecule has 0 aliphatic carbocycles. The number of hydrogen-bond acceptors (Lipinski definition) is 7. The summed E-state index contributed by atoms with van der Waals surface area (Å²) in [5.41, 5.74) is 6.31. The maximum atomic E-state index is 13.2. The van der Waals surface area contributed by atoms with Crippen LogP contribution in [-0.4, -0.2) is 85.5 Å². The molecule has 4 unspecified atom stereocenters. The Morgan fingerprint density at radius 1 is 1.21 bits per heavy atom. The Hall–Kier alpha value is -3.48. The van der Waals surface area contributed by atoms with Crippen LogP contribution in [-0.2, 0) is 30.4 Å². The van der Waals surface area contributed by atoms with Gasteiger partial charge in [-0.25, -0.2) is 9.78 Å². The standard InChI is InChI=1S/C21H32N6O7/c1-11(2)17(20(32)27-7-3-4-15(27)21(33)34)26-19(31)14(8-12-9-23-10-24-12)25-18(30)13(22)5-6-16(28)29/h9-11,13-15,17H,3-8,22H2,1-2H3,(H,23,24)(H,25,30)(H,26,31)(H,28,29)(H,33,34). The molecule has 0 saturated carbocycles. The summed E-state index contributed by atoms with van der Waals surface area (Å²) in [4.78, 5) is 69.0. The third kappa shape index (κ3) is 7.27. The Morgan fingerprint density at radius 2 is 1.91 bits per heavy atom. The Kier molecular flexibility index (Phi) is 9.54. The number of carbonyl (C=O) groups is 5. The number of nitrogens with one attached hydrogen (secondary N) is 3. The zero-order chi connectivity index (χ0) is 25.4. The van der Waals surface area contributed by atoms with E-state index in [0.29, 0.717) is 18.5 Å². The topological polar surface area (TPSA) is 208 Å². The van der Waals surface area contributed by atoms with E-state index in [1.165, 1.54) is 17.4 Å². The monoisotopic (exact) mass is 480 g/mol. The lowest BCUT2D eigenvalue weighted by Gasteiger charge is -2.30. The fourth-order valence-corrected chi connectivity index (χ4v) is 3.75. The van der Waals surface area contributed by atoms with Gasteiger partial charge >= 0.3 is 11.9 Å². The SMILES string of the molecule is CC(C)C(NC(=O)C(Cc1cnc[nH]1)NC(=O)C(N)CCC(=O)O)C(=O)N1CCCC1C(=O)O. The second-order valence-corrected chi connectivity index (χ2v) is 8.64. The number of aliphatic carboxylic acids is 2. The average Bonchev–Trinajstić information content (AvgIpc) is 3.46. The highest BCUT2D eigenvalue weighted by atomic mass is 16.4. The molecule has 1 aromatic heterocycles. The quantitative estimate of drug-likeness (QED) is 0.213. The van der Waals surface area contributed by atoms with Crippen molar-refractivity contribution in [3.05, 3.63) is 18.2 Å². The maximum absolute atomic E-state index is 13.2. The first-order valence-electron chi connectivity index (χ1n) is 11.1. The summed E-state index contributed by atoms with van der Waals surface area (Å²) in [5.74, 6) is -4.43. The lowest BCUT2D eigenvalue weighted by atomic mass is 10.0. The highest BCUT2D eigenvalue weighted by molar-refractivity contribution is 5.94. The van der Waals surface area contributed by atoms with Crippen LogP contribution in [0.5, 0.6) is 0 Å². The predicted octanol–water partition coefficient (Wildman–Crippen LogP) is -1.15. The zero-order valence-corrected chi connectivity index (χ0v) is 19.2. The van der Waals surface area contributed by atoms with Crippen LogP contribution in [0, 0.1) is 5.92 Å². The van der Waals surface area contributed by atoms with Gasteiger partial charge in [0.15, 0.2) is 0 Å². The molecule has 1 aromatic rings. The molecule has 3 amide bonds. The molecule has 0 radical (unpaired) electrons. The number of amides is 3. The van der Waals surface area contributed by atoms with E-state index in [4.69, 9.17) is 10.8 Å². The van der Waals surface area contributed by atoms with E-state index in [-0.39, 0.29) is 31.7 Å². The maximum Gasteiger partial charge on any atom is 0.326 e. The van der Waals surface area contributed by atoms with E-state index < -0.39 is 53.8 Å². The van der Waals surface area contributed by atoms with Crippen molar-refractivity contribution in [3.63, 3.8) is 0 Å². The summed E-state index contributed by atoms with van der Waals surface area (Å²) < 4.78 is 0. The first-order chi connectivity index (χ1) is 16.0. The minimum atomic E-state index is -1.14. The van der Waals surface area contributed by atoms with Crippen molar-refractivity contribution in [2.24, 2.45) is 11.7 Å². The molecule has 7 N–H and O–H groups in total. The van der Waals surface area contributed by atoms with Gasteiger partial charge < -0.3 is 36.5 Å². The van der Waals surface area contributed by atoms with Gasteiger partial charge in [-0.3, -0.25) is 19.2 Å². The third-order valence-corrected chi connectivity index (χ3v) is 5.67. The second-order valence-electron chi connectivity index (χ2n) is 8.64. The molecule has 2 rings (SSSR count). The molecule has 4 atom stereocenters. The first kappa shape index (κ1) is 26.8. The summed E-state index contributed by atoms with van der Waals surface area (Å²) in [5, 5.41) is 23.4. The summed E-state index contributed by atoms with van der Waals surface area (Å²) >= 11 is 0. The average molecular weight is 481 g/mol. The van der Waals surface area contributed by atoms with Gasteiger partial charge in [-0.05, 0) is 25.2 Å². The molecule has 2 heterocycles. The van der Waals surface area contributed by atoms with Crippen LogP contribution in [0.25, 0.3) is 0 Å². The van der Waals surface area contributed by atoms with Crippen molar-refractivity contribution >= 4 is 29.7 Å². The largest absolute Gasteiger partial charge is 0.481 e. The Morgan fingerprint density at radius 3 is 2.47 bits per heavy atom. The van der Waals surface area contributed by atoms with Gasteiger partial charge in [-0.2, -0.15) is 0 Å². The minimum absolute atomic E-state index is 0.0176. The molecule has 1 aliphatic rings. The first-order valence-corrected chi connectivity index (χ1v) is 11.1. The predicted molar refractivity (Wildman–Crippen MR) is 118 cm³/mol. The van der Waals surface area contributed by atoms with Crippen LogP contribution in [0.3, 0.4) is 0 Å². The number of carboxylic acid groups (broad SMARTS) is 2. The molecule has 13 nitrogen and oxygen atoms in total. The highest BCUT2D eigenvalue weighted by Gasteiger charge is 2.39. The van der Waals surface area contributed by atoms with Gasteiger partial charge in [0.05, 0.1) is 12.4 Å². The molecule has 0 aromatic carbocycles. The summed E-state index contributed by atoms with van der Waals surface area (Å²) in [6.45, 7) is 3.72. The van der Waals surface area contributed by atoms with Gasteiger partial charge in [-0.1, -0.05) is 13.8 Å². The summed E-state index contributed by atoms with van der Waals surface area (Å²) in [6.07, 6.45) is 3.37. The molecule has 188 valence electrons. The lowest BCUT2D eigenvalue weighted by molar-refractivity contribution is -0.150. The van der Waals surface area contributed by atoms with Crippen molar-refractivity contribution < 1.29 is 34.2 Å². The number of nitrogens with two attached hydrogens (primary N) is 1. The Bertz CT molecular complexity index is 888. The molecule has 1 saturated heterocycles. The van der Waals surface area contributed by atoms with Crippen LogP contribution >= 0.6 is 0 Å². The van der Waals surface area contributed by atoms with Crippen molar-refractivity contribution in [3.8, 4) is 0 Å². The van der Waals surface area contributed by atoms with Gasteiger partial charge in [0, 0.05) is 31.3 Å². The van der Waals surface area contributed by atoms with E-state index in [2.05, 4.69) is 20.6 Å². The van der Waals surface area contributed by atoms with Gasteiger partial charge in [0.2, 0.25) is 17.7 Å². The fourth-order valence-electron chi connectivity index (χ4n) is 3.75. The number of aromatic nitrogens is 2.